The minimum Gasteiger partial charge on any atom is -0.322 e. The topological polar surface area (TPSA) is 92.3 Å². The Labute approximate surface area is 218 Å². The number of rotatable bonds is 9. The molecule has 2 aromatic carbocycles. The Bertz CT molecular complexity index is 1430. The lowest BCUT2D eigenvalue weighted by atomic mass is 10.1. The van der Waals surface area contributed by atoms with E-state index in [1.54, 1.807) is 0 Å². The normalized spacial score (nSPS) is 14.2. The molecule has 0 saturated carbocycles. The number of aromatic nitrogens is 4. The first-order valence-electron chi connectivity index (χ1n) is 12.6. The molecule has 0 aliphatic carbocycles. The van der Waals surface area contributed by atoms with Crippen molar-refractivity contribution in [3.63, 3.8) is 0 Å². The highest BCUT2D eigenvalue weighted by molar-refractivity contribution is 5.59. The molecule has 0 amide bonds. The maximum absolute atomic E-state index is 13.7. The molecule has 38 heavy (non-hydrogen) atoms. The summed E-state index contributed by atoms with van der Waals surface area (Å²) >= 11 is 0. The molecule has 1 saturated heterocycles. The zero-order chi connectivity index (χ0) is 26.5. The Morgan fingerprint density at radius 1 is 0.974 bits per heavy atom. The molecule has 3 heterocycles. The van der Waals surface area contributed by atoms with Crippen LogP contribution in [0.25, 0.3) is 22.6 Å². The number of nitrogens with zero attached hydrogens (tertiary/aromatic N) is 6. The first kappa shape index (κ1) is 25.7. The lowest BCUT2D eigenvalue weighted by Crippen LogP contribution is -2.47. The Hall–Kier alpha value is -3.96. The van der Waals surface area contributed by atoms with Crippen molar-refractivity contribution in [2.45, 2.75) is 13.0 Å². The van der Waals surface area contributed by atoms with Crippen molar-refractivity contribution in [2.24, 2.45) is 0 Å². The Morgan fingerprint density at radius 2 is 1.76 bits per heavy atom. The van der Waals surface area contributed by atoms with E-state index in [1.807, 2.05) is 31.3 Å². The number of piperazine rings is 1. The molecule has 9 nitrogen and oxygen atoms in total. The molecular formula is C27H29F2N7O2. The predicted octanol–water partition coefficient (Wildman–Crippen LogP) is 3.02. The second kappa shape index (κ2) is 11.6. The predicted molar refractivity (Wildman–Crippen MR) is 140 cm³/mol. The molecule has 0 atom stereocenters. The smallest absolute Gasteiger partial charge is 0.322 e. The van der Waals surface area contributed by atoms with Gasteiger partial charge in [-0.1, -0.05) is 23.4 Å². The standard InChI is InChI=1S/C27H29F2N7O2/c1-30-8-3-9-34-10-12-35(13-11-34)27-31-26(33-38-27)20-5-2-4-19(14-20)18-36-25(37)7-6-24(32-36)21-15-22(28)17-23(29)16-21/h2,4-7,14-17,30H,3,8-13,18H2,1H3. The average Bonchev–Trinajstić information content (AvgIpc) is 3.41. The molecule has 5 rings (SSSR count). The number of anilines is 1. The summed E-state index contributed by atoms with van der Waals surface area (Å²) in [4.78, 5) is 21.6. The van der Waals surface area contributed by atoms with Gasteiger partial charge in [-0.15, -0.1) is 0 Å². The van der Waals surface area contributed by atoms with Crippen LogP contribution in [0.5, 0.6) is 0 Å². The van der Waals surface area contributed by atoms with E-state index >= 15 is 0 Å². The molecule has 0 spiro atoms. The van der Waals surface area contributed by atoms with Crippen molar-refractivity contribution >= 4 is 6.01 Å². The summed E-state index contributed by atoms with van der Waals surface area (Å²) in [5.41, 5.74) is 1.76. The number of hydrogen-bond donors (Lipinski definition) is 1. The average molecular weight is 522 g/mol. The summed E-state index contributed by atoms with van der Waals surface area (Å²) in [6, 6.07) is 13.9. The molecular weight excluding hydrogens is 492 g/mol. The second-order valence-corrected chi connectivity index (χ2v) is 9.26. The van der Waals surface area contributed by atoms with Crippen molar-refractivity contribution in [3.8, 4) is 22.6 Å². The lowest BCUT2D eigenvalue weighted by molar-refractivity contribution is 0.247. The third kappa shape index (κ3) is 6.12. The van der Waals surface area contributed by atoms with Gasteiger partial charge in [-0.2, -0.15) is 10.1 Å². The Balaban J connectivity index is 1.28. The van der Waals surface area contributed by atoms with E-state index in [1.165, 1.54) is 28.9 Å². The van der Waals surface area contributed by atoms with Crippen molar-refractivity contribution in [2.75, 3.05) is 51.2 Å². The van der Waals surface area contributed by atoms with Crippen LogP contribution in [0.2, 0.25) is 0 Å². The van der Waals surface area contributed by atoms with Crippen LogP contribution in [-0.4, -0.2) is 71.1 Å². The Kier molecular flexibility index (Phi) is 7.85. The summed E-state index contributed by atoms with van der Waals surface area (Å²) in [6.07, 6.45) is 1.12. The zero-order valence-corrected chi connectivity index (χ0v) is 21.1. The molecule has 2 aromatic heterocycles. The zero-order valence-electron chi connectivity index (χ0n) is 21.1. The molecule has 198 valence electrons. The molecule has 0 radical (unpaired) electrons. The Morgan fingerprint density at radius 3 is 2.53 bits per heavy atom. The second-order valence-electron chi connectivity index (χ2n) is 9.26. The van der Waals surface area contributed by atoms with Gasteiger partial charge in [-0.05, 0) is 56.4 Å². The van der Waals surface area contributed by atoms with Crippen molar-refractivity contribution in [1.82, 2.24) is 30.1 Å². The van der Waals surface area contributed by atoms with Crippen LogP contribution in [0.3, 0.4) is 0 Å². The van der Waals surface area contributed by atoms with E-state index < -0.39 is 11.6 Å². The number of benzene rings is 2. The molecule has 1 aliphatic heterocycles. The number of hydrogen-bond acceptors (Lipinski definition) is 8. The van der Waals surface area contributed by atoms with Crippen LogP contribution >= 0.6 is 0 Å². The largest absolute Gasteiger partial charge is 0.324 e. The molecule has 1 N–H and O–H groups in total. The van der Waals surface area contributed by atoms with Crippen molar-refractivity contribution < 1.29 is 13.3 Å². The van der Waals surface area contributed by atoms with Crippen LogP contribution in [0, 0.1) is 11.6 Å². The fourth-order valence-electron chi connectivity index (χ4n) is 4.50. The van der Waals surface area contributed by atoms with Gasteiger partial charge in [0.25, 0.3) is 5.56 Å². The highest BCUT2D eigenvalue weighted by Gasteiger charge is 2.21. The fraction of sp³-hybridized carbons (Fsp3) is 0.333. The van der Waals surface area contributed by atoms with Crippen LogP contribution in [0.15, 0.2) is 63.9 Å². The van der Waals surface area contributed by atoms with Crippen LogP contribution < -0.4 is 15.8 Å². The molecule has 0 unspecified atom stereocenters. The fourth-order valence-corrected chi connectivity index (χ4v) is 4.50. The minimum absolute atomic E-state index is 0.165. The van der Waals surface area contributed by atoms with Gasteiger partial charge in [0.1, 0.15) is 11.6 Å². The van der Waals surface area contributed by atoms with Gasteiger partial charge >= 0.3 is 6.01 Å². The summed E-state index contributed by atoms with van der Waals surface area (Å²) in [7, 11) is 1.97. The van der Waals surface area contributed by atoms with Crippen LogP contribution in [0.1, 0.15) is 12.0 Å². The summed E-state index contributed by atoms with van der Waals surface area (Å²) in [6.45, 7) is 5.77. The van der Waals surface area contributed by atoms with Gasteiger partial charge in [0.05, 0.1) is 12.2 Å². The van der Waals surface area contributed by atoms with E-state index in [9.17, 15) is 13.6 Å². The van der Waals surface area contributed by atoms with Gasteiger partial charge < -0.3 is 14.7 Å². The van der Waals surface area contributed by atoms with Crippen LogP contribution in [-0.2, 0) is 6.54 Å². The van der Waals surface area contributed by atoms with Gasteiger partial charge in [0.15, 0.2) is 0 Å². The third-order valence-electron chi connectivity index (χ3n) is 6.50. The minimum atomic E-state index is -0.710. The van der Waals surface area contributed by atoms with E-state index in [-0.39, 0.29) is 17.7 Å². The highest BCUT2D eigenvalue weighted by Crippen LogP contribution is 2.23. The van der Waals surface area contributed by atoms with Crippen molar-refractivity contribution in [3.05, 3.63) is 82.1 Å². The molecule has 1 fully saturated rings. The summed E-state index contributed by atoms with van der Waals surface area (Å²) in [5.74, 6) is -0.959. The summed E-state index contributed by atoms with van der Waals surface area (Å²) in [5, 5.41) is 11.7. The number of nitrogens with one attached hydrogen (secondary N) is 1. The van der Waals surface area contributed by atoms with Gasteiger partial charge in [-0.3, -0.25) is 9.69 Å². The van der Waals surface area contributed by atoms with Gasteiger partial charge in [0.2, 0.25) is 5.82 Å². The monoisotopic (exact) mass is 521 g/mol. The van der Waals surface area contributed by atoms with Gasteiger partial charge in [0, 0.05) is 49.4 Å². The van der Waals surface area contributed by atoms with E-state index in [0.717, 1.165) is 62.9 Å². The SMILES string of the molecule is CNCCCN1CCN(c2nc(-c3cccc(Cn4nc(-c5cc(F)cc(F)c5)ccc4=O)c3)no2)CC1. The quantitative estimate of drug-likeness (QED) is 0.336. The molecule has 1 aliphatic rings. The maximum atomic E-state index is 13.7. The van der Waals surface area contributed by atoms with Crippen LogP contribution in [0.4, 0.5) is 14.8 Å². The first-order valence-corrected chi connectivity index (χ1v) is 12.6. The van der Waals surface area contributed by atoms with Crippen molar-refractivity contribution in [1.29, 1.82) is 0 Å². The highest BCUT2D eigenvalue weighted by atomic mass is 19.1. The van der Waals surface area contributed by atoms with E-state index in [2.05, 4.69) is 30.4 Å². The molecule has 4 aromatic rings. The third-order valence-corrected chi connectivity index (χ3v) is 6.50. The molecule has 11 heteroatoms. The number of halogens is 2. The summed E-state index contributed by atoms with van der Waals surface area (Å²) < 4.78 is 34.2. The molecule has 0 bridgehead atoms. The van der Waals surface area contributed by atoms with E-state index in [0.29, 0.717) is 17.5 Å². The maximum Gasteiger partial charge on any atom is 0.324 e. The van der Waals surface area contributed by atoms with Gasteiger partial charge in [-0.25, -0.2) is 13.5 Å². The first-order chi connectivity index (χ1) is 18.5. The lowest BCUT2D eigenvalue weighted by Gasteiger charge is -2.33. The van der Waals surface area contributed by atoms with E-state index in [4.69, 9.17) is 4.52 Å².